The standard InChI is InChI=1S/C11H22Si/c1-6-10-9(2)7-8-11(10)12(3,4)5/h8-10H,6-7H2,1-5H3/t9-,10+/m0/s1. The Kier molecular flexibility index (Phi) is 2.82. The number of hydrogen-bond acceptors (Lipinski definition) is 0. The predicted molar refractivity (Wildman–Crippen MR) is 59.0 cm³/mol. The molecule has 1 aliphatic carbocycles. The summed E-state index contributed by atoms with van der Waals surface area (Å²) in [5.74, 6) is 1.83. The van der Waals surface area contributed by atoms with E-state index in [1.807, 2.05) is 5.20 Å². The minimum absolute atomic E-state index is 0.914. The largest absolute Gasteiger partial charge is 0.0886 e. The van der Waals surface area contributed by atoms with Gasteiger partial charge in [0, 0.05) is 0 Å². The summed E-state index contributed by atoms with van der Waals surface area (Å²) in [5, 5.41) is 1.83. The highest BCUT2D eigenvalue weighted by molar-refractivity contribution is 6.83. The minimum Gasteiger partial charge on any atom is -0.0886 e. The van der Waals surface area contributed by atoms with Crippen molar-refractivity contribution in [2.45, 2.75) is 46.3 Å². The van der Waals surface area contributed by atoms with E-state index in [0.717, 1.165) is 11.8 Å². The van der Waals surface area contributed by atoms with E-state index in [2.05, 4.69) is 39.6 Å². The van der Waals surface area contributed by atoms with E-state index < -0.39 is 8.07 Å². The Morgan fingerprint density at radius 1 is 1.42 bits per heavy atom. The van der Waals surface area contributed by atoms with Crippen molar-refractivity contribution in [3.05, 3.63) is 11.3 Å². The van der Waals surface area contributed by atoms with Crippen molar-refractivity contribution in [1.82, 2.24) is 0 Å². The van der Waals surface area contributed by atoms with Crippen LogP contribution in [0.25, 0.3) is 0 Å². The molecule has 0 nitrogen and oxygen atoms in total. The molecule has 0 N–H and O–H groups in total. The molecule has 2 atom stereocenters. The summed E-state index contributed by atoms with van der Waals surface area (Å²) >= 11 is 0. The molecule has 1 heteroatoms. The maximum Gasteiger partial charge on any atom is 0.0724 e. The third-order valence-corrected chi connectivity index (χ3v) is 5.41. The van der Waals surface area contributed by atoms with Gasteiger partial charge in [-0.1, -0.05) is 44.8 Å². The molecule has 70 valence electrons. The van der Waals surface area contributed by atoms with Gasteiger partial charge in [-0.3, -0.25) is 0 Å². The first kappa shape index (κ1) is 10.0. The number of allylic oxidation sites excluding steroid dienone is 2. The fraction of sp³-hybridized carbons (Fsp3) is 0.818. The highest BCUT2D eigenvalue weighted by Crippen LogP contribution is 2.38. The van der Waals surface area contributed by atoms with Gasteiger partial charge in [0.1, 0.15) is 0 Å². The first-order chi connectivity index (χ1) is 5.46. The first-order valence-electron chi connectivity index (χ1n) is 5.17. The Morgan fingerprint density at radius 3 is 2.33 bits per heavy atom. The van der Waals surface area contributed by atoms with Gasteiger partial charge in [-0.15, -0.1) is 0 Å². The summed E-state index contributed by atoms with van der Waals surface area (Å²) in [4.78, 5) is 0. The smallest absolute Gasteiger partial charge is 0.0724 e. The van der Waals surface area contributed by atoms with E-state index in [9.17, 15) is 0 Å². The third-order valence-electron chi connectivity index (χ3n) is 3.10. The van der Waals surface area contributed by atoms with Gasteiger partial charge in [0.25, 0.3) is 0 Å². The van der Waals surface area contributed by atoms with E-state index in [0.29, 0.717) is 0 Å². The minimum atomic E-state index is -0.989. The Labute approximate surface area is 78.1 Å². The average Bonchev–Trinajstić information content (AvgIpc) is 2.29. The molecule has 0 bridgehead atoms. The van der Waals surface area contributed by atoms with Crippen molar-refractivity contribution in [2.24, 2.45) is 11.8 Å². The SMILES string of the molecule is CC[C@H]1C([Si](C)(C)C)=CC[C@@H]1C. The second kappa shape index (κ2) is 3.37. The highest BCUT2D eigenvalue weighted by Gasteiger charge is 2.32. The van der Waals surface area contributed by atoms with Crippen LogP contribution >= 0.6 is 0 Å². The third kappa shape index (κ3) is 1.82. The molecule has 0 saturated heterocycles. The molecule has 0 aromatic heterocycles. The zero-order valence-electron chi connectivity index (χ0n) is 9.15. The highest BCUT2D eigenvalue weighted by atomic mass is 28.3. The Morgan fingerprint density at radius 2 is 2.00 bits per heavy atom. The molecule has 1 rings (SSSR count). The molecular formula is C11H22Si. The average molecular weight is 182 g/mol. The molecule has 12 heavy (non-hydrogen) atoms. The van der Waals surface area contributed by atoms with Crippen LogP contribution in [0.2, 0.25) is 19.6 Å². The van der Waals surface area contributed by atoms with Crippen molar-refractivity contribution in [2.75, 3.05) is 0 Å². The van der Waals surface area contributed by atoms with Crippen LogP contribution in [-0.2, 0) is 0 Å². The van der Waals surface area contributed by atoms with Crippen LogP contribution in [0.4, 0.5) is 0 Å². The Bertz CT molecular complexity index is 186. The molecule has 1 aliphatic rings. The summed E-state index contributed by atoms with van der Waals surface area (Å²) in [6.45, 7) is 12.1. The van der Waals surface area contributed by atoms with Gasteiger partial charge in [0.05, 0.1) is 8.07 Å². The lowest BCUT2D eigenvalue weighted by Gasteiger charge is -2.27. The van der Waals surface area contributed by atoms with Crippen LogP contribution in [0.1, 0.15) is 26.7 Å². The maximum absolute atomic E-state index is 2.53. The van der Waals surface area contributed by atoms with Crippen molar-refractivity contribution in [1.29, 1.82) is 0 Å². The summed E-state index contributed by atoms with van der Waals surface area (Å²) in [6, 6.07) is 0. The van der Waals surface area contributed by atoms with E-state index in [1.54, 1.807) is 0 Å². The van der Waals surface area contributed by atoms with Crippen molar-refractivity contribution in [3.8, 4) is 0 Å². The summed E-state index contributed by atoms with van der Waals surface area (Å²) in [7, 11) is -0.989. The molecule has 0 aliphatic heterocycles. The van der Waals surface area contributed by atoms with Gasteiger partial charge in [-0.25, -0.2) is 0 Å². The van der Waals surface area contributed by atoms with Crippen LogP contribution in [0.15, 0.2) is 11.3 Å². The van der Waals surface area contributed by atoms with Gasteiger partial charge >= 0.3 is 0 Å². The van der Waals surface area contributed by atoms with Crippen LogP contribution in [-0.4, -0.2) is 8.07 Å². The second-order valence-corrected chi connectivity index (χ2v) is 10.2. The molecule has 0 spiro atoms. The molecule has 0 fully saturated rings. The van der Waals surface area contributed by atoms with Gasteiger partial charge in [0.15, 0.2) is 0 Å². The molecule has 0 heterocycles. The molecule has 0 aromatic carbocycles. The maximum atomic E-state index is 2.53. The van der Waals surface area contributed by atoms with E-state index in [-0.39, 0.29) is 0 Å². The monoisotopic (exact) mass is 182 g/mol. The fourth-order valence-electron chi connectivity index (χ4n) is 2.42. The van der Waals surface area contributed by atoms with Crippen LogP contribution in [0.5, 0.6) is 0 Å². The molecule has 0 saturated carbocycles. The van der Waals surface area contributed by atoms with Gasteiger partial charge in [-0.2, -0.15) is 0 Å². The lowest BCUT2D eigenvalue weighted by Crippen LogP contribution is -2.28. The van der Waals surface area contributed by atoms with Gasteiger partial charge in [0.2, 0.25) is 0 Å². The fourth-order valence-corrected chi connectivity index (χ4v) is 4.75. The lowest BCUT2D eigenvalue weighted by molar-refractivity contribution is 0.443. The zero-order chi connectivity index (χ0) is 9.35. The lowest BCUT2D eigenvalue weighted by atomic mass is 9.95. The molecular weight excluding hydrogens is 160 g/mol. The van der Waals surface area contributed by atoms with Crippen molar-refractivity contribution >= 4 is 8.07 Å². The molecule has 0 amide bonds. The zero-order valence-corrected chi connectivity index (χ0v) is 10.1. The quantitative estimate of drug-likeness (QED) is 0.569. The Hall–Kier alpha value is -0.0431. The first-order valence-corrected chi connectivity index (χ1v) is 8.67. The summed E-state index contributed by atoms with van der Waals surface area (Å²) in [6.07, 6.45) is 5.21. The summed E-state index contributed by atoms with van der Waals surface area (Å²) in [5.41, 5.74) is 0. The normalized spacial score (nSPS) is 30.6. The van der Waals surface area contributed by atoms with Crippen molar-refractivity contribution < 1.29 is 0 Å². The number of hydrogen-bond donors (Lipinski definition) is 0. The van der Waals surface area contributed by atoms with Crippen molar-refractivity contribution in [3.63, 3.8) is 0 Å². The summed E-state index contributed by atoms with van der Waals surface area (Å²) < 4.78 is 0. The van der Waals surface area contributed by atoms with E-state index >= 15 is 0 Å². The second-order valence-electron chi connectivity index (χ2n) is 5.14. The molecule has 0 unspecified atom stereocenters. The van der Waals surface area contributed by atoms with E-state index in [1.165, 1.54) is 12.8 Å². The van der Waals surface area contributed by atoms with Crippen LogP contribution in [0, 0.1) is 11.8 Å². The van der Waals surface area contributed by atoms with E-state index in [4.69, 9.17) is 0 Å². The Balaban J connectivity index is 2.78. The van der Waals surface area contributed by atoms with Crippen LogP contribution < -0.4 is 0 Å². The molecule has 0 aromatic rings. The predicted octanol–water partition coefficient (Wildman–Crippen LogP) is 3.86. The van der Waals surface area contributed by atoms with Crippen LogP contribution in [0.3, 0.4) is 0 Å². The van der Waals surface area contributed by atoms with Gasteiger partial charge in [-0.05, 0) is 24.7 Å². The number of rotatable bonds is 2. The van der Waals surface area contributed by atoms with Gasteiger partial charge < -0.3 is 0 Å². The molecule has 0 radical (unpaired) electrons. The topological polar surface area (TPSA) is 0 Å².